The van der Waals surface area contributed by atoms with E-state index in [4.69, 9.17) is 10.5 Å². The highest BCUT2D eigenvalue weighted by molar-refractivity contribution is 6.17. The van der Waals surface area contributed by atoms with E-state index in [2.05, 4.69) is 19.9 Å². The molecule has 1 amide bonds. The minimum Gasteiger partial charge on any atom is -0.475 e. The van der Waals surface area contributed by atoms with Crippen LogP contribution in [-0.2, 0) is 11.0 Å². The van der Waals surface area contributed by atoms with Crippen molar-refractivity contribution in [2.75, 3.05) is 20.2 Å². The van der Waals surface area contributed by atoms with Crippen LogP contribution in [-0.4, -0.2) is 64.1 Å². The molecule has 1 saturated heterocycles. The zero-order valence-electron chi connectivity index (χ0n) is 18.8. The first kappa shape index (κ1) is 26.0. The Morgan fingerprint density at radius 2 is 1.97 bits per heavy atom. The lowest BCUT2D eigenvalue weighted by molar-refractivity contribution is -0.151. The summed E-state index contributed by atoms with van der Waals surface area (Å²) in [7, 11) is 1.44. The molecule has 8 nitrogen and oxygen atoms in total. The van der Waals surface area contributed by atoms with Gasteiger partial charge >= 0.3 is 6.18 Å². The molecule has 0 bridgehead atoms. The molecule has 35 heavy (non-hydrogen) atoms. The van der Waals surface area contributed by atoms with E-state index in [1.54, 1.807) is 6.07 Å². The number of likely N-dealkylation sites (tertiary alicyclic amines) is 1. The lowest BCUT2D eigenvalue weighted by atomic mass is 9.88. The number of nitrogens with zero attached hydrogens (tertiary/aromatic N) is 5. The van der Waals surface area contributed by atoms with Gasteiger partial charge < -0.3 is 15.4 Å². The molecular formula is C22H23F5N6O2. The van der Waals surface area contributed by atoms with Gasteiger partial charge in [0.15, 0.2) is 5.82 Å². The molecule has 2 aromatic heterocycles. The van der Waals surface area contributed by atoms with E-state index >= 15 is 0 Å². The van der Waals surface area contributed by atoms with Crippen LogP contribution in [0.3, 0.4) is 0 Å². The van der Waals surface area contributed by atoms with Crippen molar-refractivity contribution in [3.8, 4) is 5.88 Å². The number of hydrogen-bond acceptors (Lipinski definition) is 7. The van der Waals surface area contributed by atoms with Crippen molar-refractivity contribution in [3.63, 3.8) is 0 Å². The second kappa shape index (κ2) is 10.3. The Hall–Kier alpha value is -3.64. The summed E-state index contributed by atoms with van der Waals surface area (Å²) in [4.78, 5) is 29.7. The summed E-state index contributed by atoms with van der Waals surface area (Å²) < 4.78 is 72.6. The molecule has 1 aliphatic heterocycles. The number of piperidine rings is 1. The number of nitrogens with two attached hydrogens (primary N) is 1. The number of rotatable bonds is 6. The van der Waals surface area contributed by atoms with Crippen LogP contribution < -0.4 is 10.5 Å². The van der Waals surface area contributed by atoms with Crippen molar-refractivity contribution in [1.82, 2.24) is 19.9 Å². The van der Waals surface area contributed by atoms with Gasteiger partial charge in [-0.05, 0) is 18.1 Å². The monoisotopic (exact) mass is 498 g/mol. The maximum absolute atomic E-state index is 14.4. The molecule has 0 aliphatic carbocycles. The molecule has 1 unspecified atom stereocenters. The average Bonchev–Trinajstić information content (AvgIpc) is 2.80. The first-order valence-corrected chi connectivity index (χ1v) is 10.5. The van der Waals surface area contributed by atoms with Crippen molar-refractivity contribution < 1.29 is 31.5 Å². The Balaban J connectivity index is 1.88. The quantitative estimate of drug-likeness (QED) is 0.373. The number of ether oxygens (including phenoxy) is 1. The van der Waals surface area contributed by atoms with Gasteiger partial charge in [-0.3, -0.25) is 9.79 Å². The van der Waals surface area contributed by atoms with Gasteiger partial charge in [-0.2, -0.15) is 13.2 Å². The van der Waals surface area contributed by atoms with E-state index < -0.39 is 48.5 Å². The Labute approximate surface area is 197 Å². The van der Waals surface area contributed by atoms with Crippen molar-refractivity contribution in [1.29, 1.82) is 0 Å². The number of aliphatic imine (C=N–C) groups is 1. The van der Waals surface area contributed by atoms with Gasteiger partial charge in [0.1, 0.15) is 12.3 Å². The molecule has 13 heteroatoms. The van der Waals surface area contributed by atoms with Gasteiger partial charge in [-0.25, -0.2) is 23.7 Å². The van der Waals surface area contributed by atoms with E-state index in [1.165, 1.54) is 32.6 Å². The van der Waals surface area contributed by atoms with Crippen molar-refractivity contribution >= 4 is 17.7 Å². The zero-order valence-corrected chi connectivity index (χ0v) is 18.8. The number of pyridine rings is 1. The smallest absolute Gasteiger partial charge is 0.417 e. The maximum atomic E-state index is 14.4. The molecule has 0 spiro atoms. The Kier molecular flexibility index (Phi) is 7.66. The minimum atomic E-state index is -4.57. The molecule has 2 aromatic rings. The SMILES string of the molecule is CN=CC(=C(N)C(=O)N1CC(F)(F)C[C@@H](C)C1COc1ccc(C(F)(F)F)cn1)c1ncccn1. The van der Waals surface area contributed by atoms with Gasteiger partial charge in [-0.1, -0.05) is 6.92 Å². The summed E-state index contributed by atoms with van der Waals surface area (Å²) in [5, 5.41) is 0. The van der Waals surface area contributed by atoms with Crippen LogP contribution in [0.5, 0.6) is 5.88 Å². The van der Waals surface area contributed by atoms with Crippen LogP contribution in [0.2, 0.25) is 0 Å². The standard InChI is InChI=1S/C22H23F5N6O2/c1-13-8-21(23,24)12-33(16(13)11-35-17-5-4-14(9-32-17)22(25,26)27)20(34)18(28)15(10-29-2)19-30-6-3-7-31-19/h3-7,9-10,13,16H,8,11-12,28H2,1-2H3/t13-,16?/m1/s1. The molecule has 1 aliphatic rings. The van der Waals surface area contributed by atoms with Gasteiger partial charge in [0.2, 0.25) is 5.88 Å². The third-order valence-electron chi connectivity index (χ3n) is 5.39. The highest BCUT2D eigenvalue weighted by Crippen LogP contribution is 2.35. The third kappa shape index (κ3) is 6.28. The second-order valence-electron chi connectivity index (χ2n) is 8.02. The summed E-state index contributed by atoms with van der Waals surface area (Å²) >= 11 is 0. The largest absolute Gasteiger partial charge is 0.475 e. The molecule has 0 saturated carbocycles. The fraction of sp³-hybridized carbons (Fsp3) is 0.409. The van der Waals surface area contributed by atoms with E-state index in [-0.39, 0.29) is 29.6 Å². The van der Waals surface area contributed by atoms with Gasteiger partial charge in [0.05, 0.1) is 23.7 Å². The van der Waals surface area contributed by atoms with Crippen LogP contribution >= 0.6 is 0 Å². The number of aromatic nitrogens is 3. The van der Waals surface area contributed by atoms with E-state index in [0.717, 1.165) is 17.0 Å². The Morgan fingerprint density at radius 3 is 2.54 bits per heavy atom. The third-order valence-corrected chi connectivity index (χ3v) is 5.39. The fourth-order valence-corrected chi connectivity index (χ4v) is 3.71. The molecule has 188 valence electrons. The number of allylic oxidation sites excluding steroid dienone is 1. The highest BCUT2D eigenvalue weighted by atomic mass is 19.4. The van der Waals surface area contributed by atoms with E-state index in [0.29, 0.717) is 6.20 Å². The lowest BCUT2D eigenvalue weighted by Gasteiger charge is -2.43. The second-order valence-corrected chi connectivity index (χ2v) is 8.02. The number of alkyl halides is 5. The average molecular weight is 498 g/mol. The molecule has 3 heterocycles. The number of hydrogen-bond donors (Lipinski definition) is 1. The van der Waals surface area contributed by atoms with Crippen LogP contribution in [0.4, 0.5) is 22.0 Å². The molecule has 0 radical (unpaired) electrons. The van der Waals surface area contributed by atoms with Crippen molar-refractivity contribution in [2.24, 2.45) is 16.6 Å². The molecule has 3 rings (SSSR count). The molecular weight excluding hydrogens is 475 g/mol. The van der Waals surface area contributed by atoms with Crippen LogP contribution in [0.25, 0.3) is 5.57 Å². The van der Waals surface area contributed by atoms with Crippen LogP contribution in [0.1, 0.15) is 24.7 Å². The topological polar surface area (TPSA) is 107 Å². The van der Waals surface area contributed by atoms with Gasteiger partial charge in [0, 0.05) is 44.3 Å². The van der Waals surface area contributed by atoms with Crippen molar-refractivity contribution in [3.05, 3.63) is 53.9 Å². The first-order valence-electron chi connectivity index (χ1n) is 10.5. The summed E-state index contributed by atoms with van der Waals surface area (Å²) in [5.41, 5.74) is 4.80. The molecule has 2 N–H and O–H groups in total. The predicted octanol–water partition coefficient (Wildman–Crippen LogP) is 3.21. The van der Waals surface area contributed by atoms with Gasteiger partial charge in [0.25, 0.3) is 11.8 Å². The number of carbonyl (C=O) groups excluding carboxylic acids is 1. The lowest BCUT2D eigenvalue weighted by Crippen LogP contribution is -2.58. The number of halogens is 5. The summed E-state index contributed by atoms with van der Waals surface area (Å²) in [6.07, 6.45) is -0.369. The maximum Gasteiger partial charge on any atom is 0.417 e. The van der Waals surface area contributed by atoms with Crippen molar-refractivity contribution in [2.45, 2.75) is 31.5 Å². The number of carbonyl (C=O) groups is 1. The van der Waals surface area contributed by atoms with E-state index in [9.17, 15) is 26.7 Å². The molecule has 0 aromatic carbocycles. The fourth-order valence-electron chi connectivity index (χ4n) is 3.71. The van der Waals surface area contributed by atoms with Gasteiger partial charge in [-0.15, -0.1) is 0 Å². The highest BCUT2D eigenvalue weighted by Gasteiger charge is 2.47. The Bertz CT molecular complexity index is 1090. The molecule has 2 atom stereocenters. The Morgan fingerprint density at radius 1 is 1.29 bits per heavy atom. The van der Waals surface area contributed by atoms with Crippen LogP contribution in [0.15, 0.2) is 47.5 Å². The normalized spacial score (nSPS) is 21.1. The number of amides is 1. The summed E-state index contributed by atoms with van der Waals surface area (Å²) in [5.74, 6) is -4.85. The van der Waals surface area contributed by atoms with Crippen LogP contribution in [0, 0.1) is 5.92 Å². The summed E-state index contributed by atoms with van der Waals surface area (Å²) in [6.45, 7) is 0.321. The predicted molar refractivity (Wildman–Crippen MR) is 117 cm³/mol. The first-order chi connectivity index (χ1) is 16.4. The zero-order chi connectivity index (χ0) is 25.8. The molecule has 1 fully saturated rings. The minimum absolute atomic E-state index is 0.0590. The summed E-state index contributed by atoms with van der Waals surface area (Å²) in [6, 6.07) is 2.51. The van der Waals surface area contributed by atoms with E-state index in [1.807, 2.05) is 0 Å².